The normalized spacial score (nSPS) is 9.93. The lowest BCUT2D eigenvalue weighted by Crippen LogP contribution is -2.05. The fourth-order valence-corrected chi connectivity index (χ4v) is 1.32. The number of ether oxygens (including phenoxy) is 1. The second-order valence-electron chi connectivity index (χ2n) is 2.81. The van der Waals surface area contributed by atoms with Gasteiger partial charge < -0.3 is 9.84 Å². The molecule has 0 atom stereocenters. The van der Waals surface area contributed by atoms with Crippen molar-refractivity contribution >= 4 is 17.6 Å². The van der Waals surface area contributed by atoms with Gasteiger partial charge in [-0.2, -0.15) is 0 Å². The fraction of sp³-hybridized carbons (Fsp3) is 0.300. The zero-order chi connectivity index (χ0) is 10.7. The van der Waals surface area contributed by atoms with Gasteiger partial charge in [0.25, 0.3) is 0 Å². The van der Waals surface area contributed by atoms with Crippen LogP contribution in [-0.2, 0) is 4.74 Å². The number of aryl methyl sites for hydroxylation is 1. The Morgan fingerprint density at radius 1 is 1.57 bits per heavy atom. The first-order valence-electron chi connectivity index (χ1n) is 4.23. The molecular formula is C10H11ClO3. The molecule has 1 rings (SSSR count). The van der Waals surface area contributed by atoms with Crippen LogP contribution in [0.5, 0.6) is 5.75 Å². The van der Waals surface area contributed by atoms with E-state index in [1.54, 1.807) is 19.9 Å². The summed E-state index contributed by atoms with van der Waals surface area (Å²) in [5.74, 6) is -0.593. The molecule has 0 heterocycles. The minimum absolute atomic E-state index is 0.0449. The standard InChI is InChI=1S/C10H11ClO3/c1-3-14-10(13)7-5-4-6(2)9(12)8(7)11/h4-5,12H,3H2,1-2H3. The minimum Gasteiger partial charge on any atom is -0.506 e. The Kier molecular flexibility index (Phi) is 3.36. The number of carbonyl (C=O) groups is 1. The smallest absolute Gasteiger partial charge is 0.339 e. The van der Waals surface area contributed by atoms with Crippen LogP contribution < -0.4 is 0 Å². The van der Waals surface area contributed by atoms with Crippen molar-refractivity contribution < 1.29 is 14.6 Å². The summed E-state index contributed by atoms with van der Waals surface area (Å²) < 4.78 is 4.77. The quantitative estimate of drug-likeness (QED) is 0.770. The molecule has 0 unspecified atom stereocenters. The highest BCUT2D eigenvalue weighted by Gasteiger charge is 2.15. The van der Waals surface area contributed by atoms with E-state index < -0.39 is 5.97 Å². The van der Waals surface area contributed by atoms with Crippen molar-refractivity contribution in [3.05, 3.63) is 28.3 Å². The number of phenolic OH excluding ortho intramolecular Hbond substituents is 1. The summed E-state index contributed by atoms with van der Waals surface area (Å²) in [6.45, 7) is 3.69. The Balaban J connectivity index is 3.11. The molecule has 0 amide bonds. The molecule has 3 nitrogen and oxygen atoms in total. The van der Waals surface area contributed by atoms with Crippen LogP contribution in [0.1, 0.15) is 22.8 Å². The van der Waals surface area contributed by atoms with E-state index in [0.29, 0.717) is 5.56 Å². The summed E-state index contributed by atoms with van der Waals surface area (Å²) in [5, 5.41) is 9.51. The van der Waals surface area contributed by atoms with E-state index >= 15 is 0 Å². The molecule has 0 spiro atoms. The molecule has 1 aromatic carbocycles. The molecule has 0 bridgehead atoms. The van der Waals surface area contributed by atoms with Crippen LogP contribution in [0, 0.1) is 6.92 Å². The highest BCUT2D eigenvalue weighted by atomic mass is 35.5. The Labute approximate surface area is 87.3 Å². The number of rotatable bonds is 2. The third-order valence-electron chi connectivity index (χ3n) is 1.81. The van der Waals surface area contributed by atoms with Gasteiger partial charge in [0.05, 0.1) is 17.2 Å². The SMILES string of the molecule is CCOC(=O)c1ccc(C)c(O)c1Cl. The largest absolute Gasteiger partial charge is 0.506 e. The van der Waals surface area contributed by atoms with Gasteiger partial charge in [-0.3, -0.25) is 0 Å². The van der Waals surface area contributed by atoms with Crippen molar-refractivity contribution in [1.29, 1.82) is 0 Å². The Hall–Kier alpha value is -1.22. The van der Waals surface area contributed by atoms with Crippen LogP contribution in [0.3, 0.4) is 0 Å². The second-order valence-corrected chi connectivity index (χ2v) is 3.19. The lowest BCUT2D eigenvalue weighted by atomic mass is 10.1. The molecular weight excluding hydrogens is 204 g/mol. The summed E-state index contributed by atoms with van der Waals surface area (Å²) >= 11 is 5.78. The predicted molar refractivity (Wildman–Crippen MR) is 53.8 cm³/mol. The van der Waals surface area contributed by atoms with Crippen LogP contribution in [0.25, 0.3) is 0 Å². The third kappa shape index (κ3) is 1.99. The summed E-state index contributed by atoms with van der Waals surface area (Å²) in [5.41, 5.74) is 0.819. The summed E-state index contributed by atoms with van der Waals surface area (Å²) in [6.07, 6.45) is 0. The first-order chi connectivity index (χ1) is 6.57. The summed E-state index contributed by atoms with van der Waals surface area (Å²) in [4.78, 5) is 11.3. The Morgan fingerprint density at radius 3 is 2.79 bits per heavy atom. The second kappa shape index (κ2) is 4.33. The van der Waals surface area contributed by atoms with Crippen LogP contribution in [-0.4, -0.2) is 17.7 Å². The van der Waals surface area contributed by atoms with Gasteiger partial charge in [0.1, 0.15) is 5.75 Å². The van der Waals surface area contributed by atoms with Crippen molar-refractivity contribution in [1.82, 2.24) is 0 Å². The molecule has 0 aromatic heterocycles. The maximum Gasteiger partial charge on any atom is 0.339 e. The van der Waals surface area contributed by atoms with Gasteiger partial charge in [0.15, 0.2) is 0 Å². The van der Waals surface area contributed by atoms with Gasteiger partial charge in [-0.25, -0.2) is 4.79 Å². The van der Waals surface area contributed by atoms with Crippen molar-refractivity contribution in [3.63, 3.8) is 0 Å². The minimum atomic E-state index is -0.521. The van der Waals surface area contributed by atoms with Crippen LogP contribution in [0.4, 0.5) is 0 Å². The number of halogens is 1. The van der Waals surface area contributed by atoms with Gasteiger partial charge in [0, 0.05) is 0 Å². The zero-order valence-electron chi connectivity index (χ0n) is 8.00. The van der Waals surface area contributed by atoms with Gasteiger partial charge >= 0.3 is 5.97 Å². The average Bonchev–Trinajstić information content (AvgIpc) is 2.15. The molecule has 0 aliphatic heterocycles. The van der Waals surface area contributed by atoms with Crippen molar-refractivity contribution in [3.8, 4) is 5.75 Å². The number of hydrogen-bond donors (Lipinski definition) is 1. The number of hydrogen-bond acceptors (Lipinski definition) is 3. The number of aromatic hydroxyl groups is 1. The first kappa shape index (κ1) is 10.9. The molecule has 1 aromatic rings. The lowest BCUT2D eigenvalue weighted by Gasteiger charge is -2.06. The van der Waals surface area contributed by atoms with E-state index in [1.807, 2.05) is 0 Å². The highest BCUT2D eigenvalue weighted by molar-refractivity contribution is 6.35. The van der Waals surface area contributed by atoms with E-state index in [1.165, 1.54) is 6.07 Å². The number of esters is 1. The number of benzene rings is 1. The van der Waals surface area contributed by atoms with E-state index in [0.717, 1.165) is 0 Å². The van der Waals surface area contributed by atoms with Crippen molar-refractivity contribution in [2.45, 2.75) is 13.8 Å². The monoisotopic (exact) mass is 214 g/mol. The lowest BCUT2D eigenvalue weighted by molar-refractivity contribution is 0.0526. The highest BCUT2D eigenvalue weighted by Crippen LogP contribution is 2.30. The van der Waals surface area contributed by atoms with Crippen molar-refractivity contribution in [2.24, 2.45) is 0 Å². The van der Waals surface area contributed by atoms with E-state index in [2.05, 4.69) is 0 Å². The number of phenols is 1. The molecule has 0 saturated heterocycles. The Morgan fingerprint density at radius 2 is 2.21 bits per heavy atom. The molecule has 0 aliphatic carbocycles. The van der Waals surface area contributed by atoms with E-state index in [9.17, 15) is 9.90 Å². The van der Waals surface area contributed by atoms with Gasteiger partial charge in [0.2, 0.25) is 0 Å². The average molecular weight is 215 g/mol. The maximum absolute atomic E-state index is 11.3. The van der Waals surface area contributed by atoms with Gasteiger partial charge in [-0.05, 0) is 25.5 Å². The molecule has 1 N–H and O–H groups in total. The Bertz CT molecular complexity index is 361. The topological polar surface area (TPSA) is 46.5 Å². The summed E-state index contributed by atoms with van der Waals surface area (Å²) in [6, 6.07) is 3.16. The molecule has 0 fully saturated rings. The van der Waals surface area contributed by atoms with E-state index in [-0.39, 0.29) is 22.9 Å². The molecule has 0 saturated carbocycles. The van der Waals surface area contributed by atoms with Crippen LogP contribution >= 0.6 is 11.6 Å². The zero-order valence-corrected chi connectivity index (χ0v) is 8.76. The fourth-order valence-electron chi connectivity index (χ4n) is 1.03. The van der Waals surface area contributed by atoms with Crippen LogP contribution in [0.2, 0.25) is 5.02 Å². The maximum atomic E-state index is 11.3. The molecule has 0 aliphatic rings. The van der Waals surface area contributed by atoms with Crippen LogP contribution in [0.15, 0.2) is 12.1 Å². The third-order valence-corrected chi connectivity index (χ3v) is 2.20. The van der Waals surface area contributed by atoms with Gasteiger partial charge in [-0.1, -0.05) is 17.7 Å². The molecule has 4 heteroatoms. The van der Waals surface area contributed by atoms with Crippen molar-refractivity contribution in [2.75, 3.05) is 6.61 Å². The number of carbonyl (C=O) groups excluding carboxylic acids is 1. The molecule has 0 radical (unpaired) electrons. The van der Waals surface area contributed by atoms with E-state index in [4.69, 9.17) is 16.3 Å². The molecule has 76 valence electrons. The molecule has 14 heavy (non-hydrogen) atoms. The van der Waals surface area contributed by atoms with Gasteiger partial charge in [-0.15, -0.1) is 0 Å². The predicted octanol–water partition coefficient (Wildman–Crippen LogP) is 2.53. The summed E-state index contributed by atoms with van der Waals surface area (Å²) in [7, 11) is 0. The first-order valence-corrected chi connectivity index (χ1v) is 4.61.